The highest BCUT2D eigenvalue weighted by atomic mass is 35.5. The average molecular weight is 323 g/mol. The van der Waals surface area contributed by atoms with Gasteiger partial charge in [0.25, 0.3) is 0 Å². The van der Waals surface area contributed by atoms with Crippen molar-refractivity contribution in [2.45, 2.75) is 12.0 Å². The number of likely N-dealkylation sites (N-methyl/N-ethyl adjacent to an activating group) is 1. The van der Waals surface area contributed by atoms with Crippen LogP contribution in [0.15, 0.2) is 30.6 Å². The number of benzene rings is 1. The Morgan fingerprint density at radius 1 is 1.38 bits per heavy atom. The summed E-state index contributed by atoms with van der Waals surface area (Å²) >= 11 is 12.1. The zero-order valence-electron chi connectivity index (χ0n) is 11.2. The molecule has 0 radical (unpaired) electrons. The van der Waals surface area contributed by atoms with Gasteiger partial charge in [-0.15, -0.1) is 0 Å². The summed E-state index contributed by atoms with van der Waals surface area (Å²) in [5.41, 5.74) is 2.55. The zero-order valence-corrected chi connectivity index (χ0v) is 12.7. The van der Waals surface area contributed by atoms with Crippen LogP contribution in [0.5, 0.6) is 0 Å². The lowest BCUT2D eigenvalue weighted by atomic mass is 10.0. The molecular formula is C15H12Cl2N2O2. The highest BCUT2D eigenvalue weighted by Gasteiger charge is 2.27. The molecule has 3 rings (SSSR count). The first-order chi connectivity index (χ1) is 9.99. The molecule has 1 aromatic heterocycles. The molecule has 4 nitrogen and oxygen atoms in total. The van der Waals surface area contributed by atoms with E-state index < -0.39 is 5.56 Å². The van der Waals surface area contributed by atoms with Gasteiger partial charge in [-0.2, -0.15) is 0 Å². The average Bonchev–Trinajstić information content (AvgIpc) is 2.76. The second-order valence-electron chi connectivity index (χ2n) is 4.90. The van der Waals surface area contributed by atoms with E-state index in [-0.39, 0.29) is 5.91 Å². The maximum atomic E-state index is 11.8. The second-order valence-corrected chi connectivity index (χ2v) is 5.69. The lowest BCUT2D eigenvalue weighted by Crippen LogP contribution is -2.20. The number of nitrogens with zero attached hydrogens (tertiary/aromatic N) is 2. The Bertz CT molecular complexity index is 732. The quantitative estimate of drug-likeness (QED) is 0.864. The van der Waals surface area contributed by atoms with Gasteiger partial charge in [0.05, 0.1) is 11.4 Å². The normalized spacial score (nSPS) is 15.2. The number of anilines is 1. The van der Waals surface area contributed by atoms with Gasteiger partial charge in [-0.25, -0.2) is 0 Å². The van der Waals surface area contributed by atoms with Crippen LogP contribution in [0.2, 0.25) is 5.02 Å². The Morgan fingerprint density at radius 3 is 2.86 bits per heavy atom. The van der Waals surface area contributed by atoms with Gasteiger partial charge in [0.2, 0.25) is 5.91 Å². The van der Waals surface area contributed by atoms with Gasteiger partial charge < -0.3 is 10.0 Å². The first kappa shape index (κ1) is 14.3. The van der Waals surface area contributed by atoms with Crippen molar-refractivity contribution in [2.24, 2.45) is 0 Å². The number of amides is 1. The monoisotopic (exact) mass is 322 g/mol. The highest BCUT2D eigenvalue weighted by Crippen LogP contribution is 2.40. The molecule has 21 heavy (non-hydrogen) atoms. The van der Waals surface area contributed by atoms with Gasteiger partial charge in [-0.05, 0) is 12.1 Å². The first-order valence-corrected chi connectivity index (χ1v) is 7.16. The summed E-state index contributed by atoms with van der Waals surface area (Å²) in [4.78, 5) is 17.4. The van der Waals surface area contributed by atoms with Crippen LogP contribution in [0.25, 0.3) is 11.1 Å². The molecule has 6 heteroatoms. The van der Waals surface area contributed by atoms with Crippen molar-refractivity contribution in [1.82, 2.24) is 4.98 Å². The van der Waals surface area contributed by atoms with E-state index in [1.807, 2.05) is 12.1 Å². The molecule has 0 spiro atoms. The molecule has 0 aliphatic carbocycles. The van der Waals surface area contributed by atoms with Crippen LogP contribution in [-0.4, -0.2) is 23.0 Å². The number of carbonyl (C=O) groups excluding carboxylic acids is 1. The van der Waals surface area contributed by atoms with Crippen LogP contribution in [0.4, 0.5) is 5.69 Å². The summed E-state index contributed by atoms with van der Waals surface area (Å²) in [6.45, 7) is 0. The zero-order chi connectivity index (χ0) is 15.1. The summed E-state index contributed by atoms with van der Waals surface area (Å²) in [7, 11) is 1.73. The van der Waals surface area contributed by atoms with E-state index in [4.69, 9.17) is 23.2 Å². The molecule has 1 aliphatic rings. The molecular weight excluding hydrogens is 311 g/mol. The van der Waals surface area contributed by atoms with E-state index in [1.54, 1.807) is 24.2 Å². The maximum Gasteiger partial charge on any atom is 0.231 e. The van der Waals surface area contributed by atoms with Crippen molar-refractivity contribution in [2.75, 3.05) is 11.9 Å². The summed E-state index contributed by atoms with van der Waals surface area (Å²) in [6, 6.07) is 5.45. The molecule has 0 saturated heterocycles. The molecule has 0 saturated carbocycles. The van der Waals surface area contributed by atoms with E-state index >= 15 is 0 Å². The van der Waals surface area contributed by atoms with E-state index in [0.29, 0.717) is 17.0 Å². The minimum absolute atomic E-state index is 0.0205. The van der Waals surface area contributed by atoms with Crippen LogP contribution < -0.4 is 4.90 Å². The Labute approximate surface area is 131 Å². The number of pyridine rings is 1. The summed E-state index contributed by atoms with van der Waals surface area (Å²) in [6.07, 6.45) is 3.44. The molecule has 1 aromatic carbocycles. The Hall–Kier alpha value is -1.62. The van der Waals surface area contributed by atoms with Gasteiger partial charge >= 0.3 is 0 Å². The summed E-state index contributed by atoms with van der Waals surface area (Å²) in [5, 5.41) is 9.97. The summed E-state index contributed by atoms with van der Waals surface area (Å²) < 4.78 is 0. The van der Waals surface area contributed by atoms with Crippen LogP contribution >= 0.6 is 23.2 Å². The fourth-order valence-corrected chi connectivity index (χ4v) is 2.91. The molecule has 108 valence electrons. The van der Waals surface area contributed by atoms with Crippen LogP contribution in [0.3, 0.4) is 0 Å². The number of fused-ring (bicyclic) bond motifs is 1. The first-order valence-electron chi connectivity index (χ1n) is 6.34. The van der Waals surface area contributed by atoms with Crippen molar-refractivity contribution in [3.63, 3.8) is 0 Å². The number of aliphatic hydroxyl groups is 1. The molecule has 1 atom stereocenters. The Morgan fingerprint density at radius 2 is 2.14 bits per heavy atom. The van der Waals surface area contributed by atoms with Gasteiger partial charge in [0.1, 0.15) is 0 Å². The second kappa shape index (κ2) is 5.30. The lowest BCUT2D eigenvalue weighted by Gasteiger charge is -2.13. The SMILES string of the molecule is CN1C(=O)Cc2c1ccc(-c1cncc(C(O)Cl)c1)c2Cl. The predicted molar refractivity (Wildman–Crippen MR) is 82.6 cm³/mol. The van der Waals surface area contributed by atoms with Crippen molar-refractivity contribution in [3.05, 3.63) is 46.7 Å². The predicted octanol–water partition coefficient (Wildman–Crippen LogP) is 3.15. The smallest absolute Gasteiger partial charge is 0.231 e. The van der Waals surface area contributed by atoms with Gasteiger partial charge in [0, 0.05) is 47.4 Å². The lowest BCUT2D eigenvalue weighted by molar-refractivity contribution is -0.117. The number of alkyl halides is 1. The number of carbonyl (C=O) groups is 1. The van der Waals surface area contributed by atoms with Crippen LogP contribution in [0, 0.1) is 0 Å². The molecule has 2 heterocycles. The van der Waals surface area contributed by atoms with Crippen molar-refractivity contribution < 1.29 is 9.90 Å². The minimum atomic E-state index is -1.11. The van der Waals surface area contributed by atoms with E-state index in [9.17, 15) is 9.90 Å². The van der Waals surface area contributed by atoms with E-state index in [2.05, 4.69) is 4.98 Å². The molecule has 1 unspecified atom stereocenters. The molecule has 2 aromatic rings. The van der Waals surface area contributed by atoms with Gasteiger partial charge in [-0.1, -0.05) is 29.3 Å². The van der Waals surface area contributed by atoms with Crippen LogP contribution in [0.1, 0.15) is 16.7 Å². The number of aliphatic hydroxyl groups excluding tert-OH is 1. The third-order valence-electron chi connectivity index (χ3n) is 3.63. The number of halogens is 2. The third kappa shape index (κ3) is 2.39. The molecule has 1 aliphatic heterocycles. The van der Waals surface area contributed by atoms with Crippen molar-refractivity contribution >= 4 is 34.8 Å². The fourth-order valence-electron chi connectivity index (χ4n) is 2.46. The molecule has 1 amide bonds. The van der Waals surface area contributed by atoms with Crippen LogP contribution in [-0.2, 0) is 11.2 Å². The van der Waals surface area contributed by atoms with Gasteiger partial charge in [-0.3, -0.25) is 9.78 Å². The summed E-state index contributed by atoms with van der Waals surface area (Å²) in [5.74, 6) is 0.0205. The molecule has 0 bridgehead atoms. The maximum absolute atomic E-state index is 11.8. The number of rotatable bonds is 2. The van der Waals surface area contributed by atoms with Crippen molar-refractivity contribution in [3.8, 4) is 11.1 Å². The van der Waals surface area contributed by atoms with E-state index in [0.717, 1.165) is 22.4 Å². The molecule has 1 N–H and O–H groups in total. The number of hydrogen-bond donors (Lipinski definition) is 1. The Balaban J connectivity index is 2.11. The topological polar surface area (TPSA) is 53.4 Å². The van der Waals surface area contributed by atoms with E-state index in [1.165, 1.54) is 6.20 Å². The molecule has 0 fully saturated rings. The largest absolute Gasteiger partial charge is 0.373 e. The standard InChI is InChI=1S/C15H12Cl2N2O2/c1-19-12-3-2-10(14(16)11(12)5-13(19)20)8-4-9(15(17)21)7-18-6-8/h2-4,6-7,15,21H,5H2,1H3. The minimum Gasteiger partial charge on any atom is -0.373 e. The van der Waals surface area contributed by atoms with Gasteiger partial charge in [0.15, 0.2) is 5.56 Å². The fraction of sp³-hybridized carbons (Fsp3) is 0.200. The Kier molecular flexibility index (Phi) is 3.61. The number of hydrogen-bond acceptors (Lipinski definition) is 3. The highest BCUT2D eigenvalue weighted by molar-refractivity contribution is 6.35. The number of aromatic nitrogens is 1. The third-order valence-corrected chi connectivity index (χ3v) is 4.31. The van der Waals surface area contributed by atoms with Crippen molar-refractivity contribution in [1.29, 1.82) is 0 Å².